The molecule has 1 aromatic rings. The molecule has 0 radical (unpaired) electrons. The van der Waals surface area contributed by atoms with E-state index < -0.39 is 9.84 Å². The normalized spacial score (nSPS) is 26.2. The van der Waals surface area contributed by atoms with E-state index in [0.29, 0.717) is 24.8 Å². The zero-order valence-corrected chi connectivity index (χ0v) is 13.4. The van der Waals surface area contributed by atoms with Crippen molar-refractivity contribution in [3.05, 3.63) is 11.6 Å². The van der Waals surface area contributed by atoms with Crippen molar-refractivity contribution in [2.45, 2.75) is 64.1 Å². The van der Waals surface area contributed by atoms with Crippen LogP contribution in [0.2, 0.25) is 0 Å². The lowest BCUT2D eigenvalue weighted by molar-refractivity contribution is 0.337. The molecule has 1 saturated carbocycles. The molecule has 21 heavy (non-hydrogen) atoms. The van der Waals surface area contributed by atoms with Gasteiger partial charge in [0.1, 0.15) is 11.6 Å². The minimum absolute atomic E-state index is 0.0619. The summed E-state index contributed by atoms with van der Waals surface area (Å²) in [6.07, 6.45) is 6.98. The Balaban J connectivity index is 1.66. The summed E-state index contributed by atoms with van der Waals surface area (Å²) in [6.45, 7) is 2.61. The van der Waals surface area contributed by atoms with E-state index in [1.807, 2.05) is 6.92 Å². The van der Waals surface area contributed by atoms with Crippen LogP contribution in [-0.4, -0.2) is 40.7 Å². The molecule has 1 aliphatic heterocycles. The number of rotatable bonds is 4. The molecule has 1 unspecified atom stereocenters. The third kappa shape index (κ3) is 3.45. The van der Waals surface area contributed by atoms with Gasteiger partial charge in [-0.2, -0.15) is 0 Å². The topological polar surface area (TPSA) is 76.9 Å². The van der Waals surface area contributed by atoms with Crippen molar-refractivity contribution in [1.82, 2.24) is 20.1 Å². The van der Waals surface area contributed by atoms with Gasteiger partial charge in [-0.25, -0.2) is 8.42 Å². The summed E-state index contributed by atoms with van der Waals surface area (Å²) in [6, 6.07) is 0.574. The Bertz CT molecular complexity index is 590. The molecule has 1 saturated heterocycles. The van der Waals surface area contributed by atoms with Gasteiger partial charge in [-0.3, -0.25) is 0 Å². The van der Waals surface area contributed by atoms with E-state index in [0.717, 1.165) is 11.6 Å². The highest BCUT2D eigenvalue weighted by Crippen LogP contribution is 2.29. The summed E-state index contributed by atoms with van der Waals surface area (Å²) in [5.41, 5.74) is 0. The first-order valence-corrected chi connectivity index (χ1v) is 9.71. The standard InChI is InChI=1S/C14H24N4O2S/c1-11-16-17-14(18(11)13-5-3-2-4-6-13)9-15-12-7-8-21(19,20)10-12/h12-13,15H,2-10H2,1H3. The second-order valence-electron chi connectivity index (χ2n) is 6.31. The lowest BCUT2D eigenvalue weighted by Gasteiger charge is -2.25. The molecule has 0 spiro atoms. The first-order chi connectivity index (χ1) is 10.1. The predicted octanol–water partition coefficient (Wildman–Crippen LogP) is 1.37. The summed E-state index contributed by atoms with van der Waals surface area (Å²) >= 11 is 0. The van der Waals surface area contributed by atoms with Crippen LogP contribution in [0.3, 0.4) is 0 Å². The minimum atomic E-state index is -2.83. The monoisotopic (exact) mass is 312 g/mol. The van der Waals surface area contributed by atoms with E-state index >= 15 is 0 Å². The Morgan fingerprint density at radius 2 is 1.95 bits per heavy atom. The van der Waals surface area contributed by atoms with Gasteiger partial charge in [0, 0.05) is 12.1 Å². The van der Waals surface area contributed by atoms with Gasteiger partial charge >= 0.3 is 0 Å². The van der Waals surface area contributed by atoms with Crippen molar-refractivity contribution in [2.24, 2.45) is 0 Å². The van der Waals surface area contributed by atoms with Crippen molar-refractivity contribution < 1.29 is 8.42 Å². The number of aryl methyl sites for hydroxylation is 1. The highest BCUT2D eigenvalue weighted by atomic mass is 32.2. The Hall–Kier alpha value is -0.950. The van der Waals surface area contributed by atoms with Gasteiger partial charge in [-0.05, 0) is 26.2 Å². The number of hydrogen-bond donors (Lipinski definition) is 1. The molecule has 2 heterocycles. The van der Waals surface area contributed by atoms with E-state index in [1.54, 1.807) is 0 Å². The first-order valence-electron chi connectivity index (χ1n) is 7.89. The van der Waals surface area contributed by atoms with Crippen LogP contribution >= 0.6 is 0 Å². The Morgan fingerprint density at radius 3 is 2.62 bits per heavy atom. The van der Waals surface area contributed by atoms with Crippen LogP contribution in [0.5, 0.6) is 0 Å². The van der Waals surface area contributed by atoms with E-state index in [9.17, 15) is 8.42 Å². The second-order valence-corrected chi connectivity index (χ2v) is 8.53. The average molecular weight is 312 g/mol. The fourth-order valence-electron chi connectivity index (χ4n) is 3.54. The summed E-state index contributed by atoms with van der Waals surface area (Å²) in [5.74, 6) is 2.48. The molecule has 1 atom stereocenters. The molecule has 7 heteroatoms. The van der Waals surface area contributed by atoms with E-state index in [2.05, 4.69) is 20.1 Å². The summed E-state index contributed by atoms with van der Waals surface area (Å²) in [5, 5.41) is 11.9. The lowest BCUT2D eigenvalue weighted by atomic mass is 9.95. The molecule has 1 aromatic heterocycles. The van der Waals surface area contributed by atoms with Crippen molar-refractivity contribution >= 4 is 9.84 Å². The van der Waals surface area contributed by atoms with Gasteiger partial charge in [0.05, 0.1) is 18.1 Å². The van der Waals surface area contributed by atoms with Crippen LogP contribution in [-0.2, 0) is 16.4 Å². The summed E-state index contributed by atoms with van der Waals surface area (Å²) < 4.78 is 25.3. The molecule has 118 valence electrons. The number of aromatic nitrogens is 3. The zero-order chi connectivity index (χ0) is 14.9. The average Bonchev–Trinajstić information content (AvgIpc) is 3.00. The quantitative estimate of drug-likeness (QED) is 0.908. The van der Waals surface area contributed by atoms with Gasteiger partial charge in [-0.15, -0.1) is 10.2 Å². The molecule has 1 aliphatic carbocycles. The molecular formula is C14H24N4O2S. The van der Waals surface area contributed by atoms with Crippen LogP contribution in [0.15, 0.2) is 0 Å². The lowest BCUT2D eigenvalue weighted by Crippen LogP contribution is -2.31. The largest absolute Gasteiger partial charge is 0.311 e. The molecule has 1 N–H and O–H groups in total. The van der Waals surface area contributed by atoms with E-state index in [-0.39, 0.29) is 11.8 Å². The Morgan fingerprint density at radius 1 is 1.19 bits per heavy atom. The summed E-state index contributed by atoms with van der Waals surface area (Å²) in [4.78, 5) is 0. The third-order valence-corrected chi connectivity index (χ3v) is 6.43. The SMILES string of the molecule is Cc1nnc(CNC2CCS(=O)(=O)C2)n1C1CCCCC1. The smallest absolute Gasteiger partial charge is 0.151 e. The fourth-order valence-corrected chi connectivity index (χ4v) is 5.25. The minimum Gasteiger partial charge on any atom is -0.311 e. The van der Waals surface area contributed by atoms with Crippen LogP contribution in [0.4, 0.5) is 0 Å². The van der Waals surface area contributed by atoms with Crippen LogP contribution in [0, 0.1) is 6.92 Å². The molecule has 0 bridgehead atoms. The number of nitrogens with zero attached hydrogens (tertiary/aromatic N) is 3. The maximum Gasteiger partial charge on any atom is 0.151 e. The van der Waals surface area contributed by atoms with Gasteiger partial charge < -0.3 is 9.88 Å². The van der Waals surface area contributed by atoms with Crippen LogP contribution in [0.1, 0.15) is 56.2 Å². The second kappa shape index (κ2) is 6.04. The van der Waals surface area contributed by atoms with Gasteiger partial charge in [0.25, 0.3) is 0 Å². The first kappa shape index (κ1) is 15.0. The molecular weight excluding hydrogens is 288 g/mol. The maximum atomic E-state index is 11.5. The van der Waals surface area contributed by atoms with E-state index in [4.69, 9.17) is 0 Å². The Labute approximate surface area is 126 Å². The van der Waals surface area contributed by atoms with Gasteiger partial charge in [0.2, 0.25) is 0 Å². The molecule has 0 aromatic carbocycles. The van der Waals surface area contributed by atoms with E-state index in [1.165, 1.54) is 32.1 Å². The highest BCUT2D eigenvalue weighted by molar-refractivity contribution is 7.91. The number of hydrogen-bond acceptors (Lipinski definition) is 5. The molecule has 2 fully saturated rings. The molecule has 3 rings (SSSR count). The molecule has 2 aliphatic rings. The molecule has 0 amide bonds. The number of nitrogens with one attached hydrogen (secondary N) is 1. The molecule has 6 nitrogen and oxygen atoms in total. The number of sulfone groups is 1. The highest BCUT2D eigenvalue weighted by Gasteiger charge is 2.28. The summed E-state index contributed by atoms with van der Waals surface area (Å²) in [7, 11) is -2.83. The van der Waals surface area contributed by atoms with Gasteiger partial charge in [0.15, 0.2) is 9.84 Å². The van der Waals surface area contributed by atoms with Crippen LogP contribution in [0.25, 0.3) is 0 Å². The van der Waals surface area contributed by atoms with Crippen molar-refractivity contribution in [3.63, 3.8) is 0 Å². The Kier molecular flexibility index (Phi) is 4.31. The third-order valence-electron chi connectivity index (χ3n) is 4.66. The van der Waals surface area contributed by atoms with Crippen LogP contribution < -0.4 is 5.32 Å². The fraction of sp³-hybridized carbons (Fsp3) is 0.857. The van der Waals surface area contributed by atoms with Crippen molar-refractivity contribution in [2.75, 3.05) is 11.5 Å². The van der Waals surface area contributed by atoms with Gasteiger partial charge in [-0.1, -0.05) is 19.3 Å². The van der Waals surface area contributed by atoms with Crippen molar-refractivity contribution in [3.8, 4) is 0 Å². The maximum absolute atomic E-state index is 11.5. The predicted molar refractivity (Wildman–Crippen MR) is 80.8 cm³/mol. The van der Waals surface area contributed by atoms with Crippen molar-refractivity contribution in [1.29, 1.82) is 0 Å². The zero-order valence-electron chi connectivity index (χ0n) is 12.6.